The number of nitrogens with zero attached hydrogens (tertiary/aromatic N) is 2. The van der Waals surface area contributed by atoms with Gasteiger partial charge in [0.15, 0.2) is 0 Å². The summed E-state index contributed by atoms with van der Waals surface area (Å²) in [5, 5.41) is 2.84. The summed E-state index contributed by atoms with van der Waals surface area (Å²) in [5.41, 5.74) is 1.95. The highest BCUT2D eigenvalue weighted by atomic mass is 35.5. The summed E-state index contributed by atoms with van der Waals surface area (Å²) in [6.45, 7) is 3.77. The fourth-order valence-electron chi connectivity index (χ4n) is 6.89. The molecule has 6 rings (SSSR count). The van der Waals surface area contributed by atoms with Crippen molar-refractivity contribution in [3.05, 3.63) is 119 Å². The summed E-state index contributed by atoms with van der Waals surface area (Å²) >= 11 is 5.46. The topological polar surface area (TPSA) is 148 Å². The Morgan fingerprint density at radius 2 is 1.05 bits per heavy atom. The monoisotopic (exact) mass is 869 g/mol. The Labute approximate surface area is 338 Å². The molecule has 5 N–H and O–H groups in total. The van der Waals surface area contributed by atoms with Crippen LogP contribution in [0, 0.1) is 35.1 Å². The van der Waals surface area contributed by atoms with Crippen LogP contribution in [0.4, 0.5) is 40.9 Å². The average Bonchev–Trinajstić information content (AvgIpc) is 3.05. The Morgan fingerprint density at radius 3 is 1.43 bits per heavy atom. The second kappa shape index (κ2) is 20.5. The number of nitrogens with one attached hydrogen (secondary N) is 3. The zero-order valence-electron chi connectivity index (χ0n) is 31.4. The Balaban J connectivity index is 0.000000255. The van der Waals surface area contributed by atoms with E-state index in [9.17, 15) is 54.3 Å². The van der Waals surface area contributed by atoms with Crippen LogP contribution in [0.3, 0.4) is 0 Å². The van der Waals surface area contributed by atoms with Gasteiger partial charge in [-0.2, -0.15) is 0 Å². The van der Waals surface area contributed by atoms with Gasteiger partial charge in [0.2, 0.25) is 11.8 Å². The van der Waals surface area contributed by atoms with E-state index in [1.807, 2.05) is 13.8 Å². The van der Waals surface area contributed by atoms with Gasteiger partial charge in [0.1, 0.15) is 34.2 Å². The van der Waals surface area contributed by atoms with E-state index in [4.69, 9.17) is 17.3 Å². The standard InChI is InChI=1S/C19H21F4N3O2.C10H5ClF2N2O2.C9H17F2N.ClH/c1-11(6-12-2-4-19(22,23)5-3-12)24-16-10-17(27)26(18(28)25-16)15-8-13(20)7-14(21)9-15;11-8-4-9(16)15(10(17)14-8)7-2-5(12)1-6(13)3-7;1-7(12)6-8-2-4-9(10,11)5-3-8;/h7-12,24H,2-6H2,1H3,(H,25,28);1-4H,(H,14,17);7-8H,2-6,12H2,1H3;1H/p-1/t11-;;7-;/m0.0./s1. The molecule has 2 aliphatic carbocycles. The van der Waals surface area contributed by atoms with Gasteiger partial charge in [-0.3, -0.25) is 19.6 Å². The lowest BCUT2D eigenvalue weighted by atomic mass is 9.83. The molecule has 0 spiro atoms. The first kappa shape index (κ1) is 48.0. The maximum Gasteiger partial charge on any atom is 0.334 e. The number of nitrogens with two attached hydrogens (primary N) is 1. The summed E-state index contributed by atoms with van der Waals surface area (Å²) in [6.07, 6.45) is 3.55. The van der Waals surface area contributed by atoms with Gasteiger partial charge in [-0.15, -0.1) is 0 Å². The molecule has 2 atom stereocenters. The predicted octanol–water partition coefficient (Wildman–Crippen LogP) is 4.83. The second-order valence-corrected chi connectivity index (χ2v) is 15.0. The van der Waals surface area contributed by atoms with Crippen LogP contribution in [0.1, 0.15) is 78.1 Å². The highest BCUT2D eigenvalue weighted by molar-refractivity contribution is 6.29. The molecule has 0 saturated heterocycles. The van der Waals surface area contributed by atoms with E-state index < -0.39 is 57.6 Å². The number of alkyl halides is 4. The third-order valence-electron chi connectivity index (χ3n) is 9.51. The van der Waals surface area contributed by atoms with Gasteiger partial charge in [0, 0.05) is 62.0 Å². The van der Waals surface area contributed by atoms with E-state index in [2.05, 4.69) is 15.3 Å². The lowest BCUT2D eigenvalue weighted by Crippen LogP contribution is -3.00. The van der Waals surface area contributed by atoms with Gasteiger partial charge in [-0.05, 0) is 88.5 Å². The Kier molecular flexibility index (Phi) is 17.0. The molecule has 10 nitrogen and oxygen atoms in total. The smallest absolute Gasteiger partial charge is 0.334 e. The summed E-state index contributed by atoms with van der Waals surface area (Å²) in [7, 11) is 0. The van der Waals surface area contributed by atoms with E-state index in [-0.39, 0.29) is 78.4 Å². The molecule has 2 saturated carbocycles. The molecule has 320 valence electrons. The molecule has 58 heavy (non-hydrogen) atoms. The molecule has 0 amide bonds. The number of hydrogen-bond donors (Lipinski definition) is 4. The van der Waals surface area contributed by atoms with Crippen LogP contribution in [0.15, 0.2) is 67.7 Å². The fraction of sp³-hybridized carbons (Fsp3) is 0.474. The number of aromatic nitrogens is 4. The molecule has 2 aromatic carbocycles. The number of H-pyrrole nitrogens is 2. The molecular weight excluding hydrogens is 827 g/mol. The normalized spacial score (nSPS) is 17.4. The quantitative estimate of drug-likeness (QED) is 0.148. The summed E-state index contributed by atoms with van der Waals surface area (Å²) < 4.78 is 106. The molecule has 20 heteroatoms. The zero-order chi connectivity index (χ0) is 42.2. The van der Waals surface area contributed by atoms with Crippen molar-refractivity contribution in [2.24, 2.45) is 17.6 Å². The Morgan fingerprint density at radius 1 is 0.672 bits per heavy atom. The SMILES string of the molecule is C[C@@H](CC1CCC(F)(F)CC1)Nc1cc(=O)n(-c2cc(F)cc(F)c2)c(=O)[nH]1.C[C@H](N)CC1CCC(F)(F)CC1.O=c1cc(Cl)[nH]c(=O)n1-c1cc(F)cc(F)c1.[Cl-]. The minimum absolute atomic E-state index is 0. The van der Waals surface area contributed by atoms with Crippen molar-refractivity contribution in [2.45, 2.75) is 102 Å². The number of anilines is 1. The zero-order valence-corrected chi connectivity index (χ0v) is 32.9. The Hall–Kier alpha value is -4.42. The number of hydrogen-bond acceptors (Lipinski definition) is 6. The molecule has 2 aliphatic rings. The van der Waals surface area contributed by atoms with Crippen LogP contribution < -0.4 is 46.0 Å². The van der Waals surface area contributed by atoms with Crippen LogP contribution in [0.25, 0.3) is 11.4 Å². The molecule has 0 bridgehead atoms. The molecule has 0 radical (unpaired) electrons. The third-order valence-corrected chi connectivity index (χ3v) is 9.71. The van der Waals surface area contributed by atoms with Gasteiger partial charge >= 0.3 is 11.4 Å². The predicted molar refractivity (Wildman–Crippen MR) is 200 cm³/mol. The van der Waals surface area contributed by atoms with Crippen molar-refractivity contribution in [1.82, 2.24) is 19.1 Å². The summed E-state index contributed by atoms with van der Waals surface area (Å²) in [4.78, 5) is 52.1. The number of rotatable bonds is 8. The lowest BCUT2D eigenvalue weighted by Gasteiger charge is -2.30. The fourth-order valence-corrected chi connectivity index (χ4v) is 7.06. The van der Waals surface area contributed by atoms with Crippen LogP contribution >= 0.6 is 11.6 Å². The van der Waals surface area contributed by atoms with Crippen LogP contribution in [0.2, 0.25) is 5.15 Å². The molecule has 0 aliphatic heterocycles. The number of aromatic amines is 2. The second-order valence-electron chi connectivity index (χ2n) is 14.6. The van der Waals surface area contributed by atoms with Crippen molar-refractivity contribution in [1.29, 1.82) is 0 Å². The van der Waals surface area contributed by atoms with Crippen molar-refractivity contribution in [3.63, 3.8) is 0 Å². The van der Waals surface area contributed by atoms with Gasteiger partial charge in [-0.1, -0.05) is 11.6 Å². The van der Waals surface area contributed by atoms with Crippen molar-refractivity contribution >= 4 is 17.4 Å². The van der Waals surface area contributed by atoms with E-state index in [0.29, 0.717) is 59.3 Å². The van der Waals surface area contributed by atoms with Crippen LogP contribution in [-0.2, 0) is 0 Å². The maximum atomic E-state index is 13.4. The first-order valence-corrected chi connectivity index (χ1v) is 18.6. The highest BCUT2D eigenvalue weighted by Gasteiger charge is 2.36. The number of halogens is 10. The van der Waals surface area contributed by atoms with Gasteiger partial charge in [0.05, 0.1) is 11.4 Å². The summed E-state index contributed by atoms with van der Waals surface area (Å²) in [5.74, 6) is -7.83. The van der Waals surface area contributed by atoms with Gasteiger partial charge in [-0.25, -0.2) is 53.8 Å². The maximum absolute atomic E-state index is 13.4. The van der Waals surface area contributed by atoms with E-state index in [1.54, 1.807) is 0 Å². The average molecular weight is 871 g/mol. The first-order chi connectivity index (χ1) is 26.6. The number of benzene rings is 2. The van der Waals surface area contributed by atoms with Crippen molar-refractivity contribution < 1.29 is 47.5 Å². The molecule has 2 aromatic heterocycles. The molecule has 0 unspecified atom stereocenters. The van der Waals surface area contributed by atoms with E-state index in [1.165, 1.54) is 0 Å². The van der Waals surface area contributed by atoms with Gasteiger partial charge < -0.3 is 23.5 Å². The molecular formula is C38H43Cl2F8N6O4-. The molecule has 2 heterocycles. The lowest BCUT2D eigenvalue weighted by molar-refractivity contribution is -0.0473. The van der Waals surface area contributed by atoms with E-state index in [0.717, 1.165) is 42.8 Å². The molecule has 2 fully saturated rings. The highest BCUT2D eigenvalue weighted by Crippen LogP contribution is 2.38. The Bertz CT molecular complexity index is 2120. The van der Waals surface area contributed by atoms with Crippen molar-refractivity contribution in [2.75, 3.05) is 5.32 Å². The minimum atomic E-state index is -2.58. The third kappa shape index (κ3) is 14.4. The minimum Gasteiger partial charge on any atom is -1.00 e. The van der Waals surface area contributed by atoms with Crippen molar-refractivity contribution in [3.8, 4) is 11.4 Å². The van der Waals surface area contributed by atoms with Crippen LogP contribution in [0.5, 0.6) is 0 Å². The molecule has 4 aromatic rings. The van der Waals surface area contributed by atoms with E-state index >= 15 is 0 Å². The van der Waals surface area contributed by atoms with Gasteiger partial charge in [0.25, 0.3) is 11.1 Å². The summed E-state index contributed by atoms with van der Waals surface area (Å²) in [6, 6.07) is 6.84. The first-order valence-electron chi connectivity index (χ1n) is 18.2. The largest absolute Gasteiger partial charge is 1.00 e. The van der Waals surface area contributed by atoms with Crippen LogP contribution in [-0.4, -0.2) is 43.0 Å².